The maximum absolute atomic E-state index is 6.25. The lowest BCUT2D eigenvalue weighted by Gasteiger charge is -2.06. The summed E-state index contributed by atoms with van der Waals surface area (Å²) in [6.45, 7) is 0. The minimum Gasteiger partial charge on any atom is -0.380 e. The molecule has 0 saturated heterocycles. The van der Waals surface area contributed by atoms with E-state index in [1.54, 1.807) is 12.1 Å². The van der Waals surface area contributed by atoms with Gasteiger partial charge in [0.1, 0.15) is 0 Å². The van der Waals surface area contributed by atoms with Gasteiger partial charge in [0, 0.05) is 10.0 Å². The van der Waals surface area contributed by atoms with Crippen LogP contribution in [-0.2, 0) is 0 Å². The molecule has 0 unspecified atom stereocenters. The van der Waals surface area contributed by atoms with E-state index in [1.807, 2.05) is 30.3 Å². The van der Waals surface area contributed by atoms with Crippen LogP contribution in [0.3, 0.4) is 0 Å². The zero-order chi connectivity index (χ0) is 15.0. The van der Waals surface area contributed by atoms with E-state index >= 15 is 0 Å². The van der Waals surface area contributed by atoms with E-state index in [1.165, 1.54) is 0 Å². The van der Waals surface area contributed by atoms with Crippen LogP contribution in [0.4, 0.5) is 5.82 Å². The minimum atomic E-state index is 0.309. The van der Waals surface area contributed by atoms with Gasteiger partial charge in [-0.15, -0.1) is 0 Å². The standard InChI is InChI=1S/C15H9BrCl2N2O/c16-9-6-4-8(5-7-9)12-14(21-20-15(12)19)10-2-1-3-11(17)13(10)18/h1-7H,(H2,19,20). The Bertz CT molecular complexity index is 800. The summed E-state index contributed by atoms with van der Waals surface area (Å²) in [7, 11) is 0. The quantitative estimate of drug-likeness (QED) is 0.621. The Hall–Kier alpha value is -1.49. The molecule has 0 saturated carbocycles. The van der Waals surface area contributed by atoms with Gasteiger partial charge in [-0.05, 0) is 29.8 Å². The lowest BCUT2D eigenvalue weighted by molar-refractivity contribution is 0.436. The molecule has 2 aromatic carbocycles. The summed E-state index contributed by atoms with van der Waals surface area (Å²) in [4.78, 5) is 0. The van der Waals surface area contributed by atoms with E-state index < -0.39 is 0 Å². The van der Waals surface area contributed by atoms with Crippen molar-refractivity contribution in [1.29, 1.82) is 0 Å². The Morgan fingerprint density at radius 1 is 1.05 bits per heavy atom. The van der Waals surface area contributed by atoms with Crippen molar-refractivity contribution in [2.75, 3.05) is 5.73 Å². The summed E-state index contributed by atoms with van der Waals surface area (Å²) in [5.41, 5.74) is 8.20. The highest BCUT2D eigenvalue weighted by atomic mass is 79.9. The topological polar surface area (TPSA) is 52.0 Å². The minimum absolute atomic E-state index is 0.309. The lowest BCUT2D eigenvalue weighted by Crippen LogP contribution is -1.89. The normalized spacial score (nSPS) is 10.8. The first-order valence-corrected chi connectivity index (χ1v) is 7.58. The number of halogens is 3. The van der Waals surface area contributed by atoms with E-state index in [4.69, 9.17) is 33.5 Å². The number of anilines is 1. The predicted molar refractivity (Wildman–Crippen MR) is 89.5 cm³/mol. The summed E-state index contributed by atoms with van der Waals surface area (Å²) >= 11 is 15.7. The molecular weight excluding hydrogens is 375 g/mol. The first kappa shape index (κ1) is 14.4. The summed E-state index contributed by atoms with van der Waals surface area (Å²) < 4.78 is 6.35. The van der Waals surface area contributed by atoms with Gasteiger partial charge in [-0.3, -0.25) is 0 Å². The van der Waals surface area contributed by atoms with Gasteiger partial charge >= 0.3 is 0 Å². The molecule has 0 aliphatic carbocycles. The van der Waals surface area contributed by atoms with Crippen LogP contribution < -0.4 is 5.73 Å². The van der Waals surface area contributed by atoms with Crippen LogP contribution in [0.15, 0.2) is 51.5 Å². The molecule has 0 spiro atoms. The van der Waals surface area contributed by atoms with Gasteiger partial charge in [0.25, 0.3) is 0 Å². The number of hydrogen-bond donors (Lipinski definition) is 1. The lowest BCUT2D eigenvalue weighted by atomic mass is 10.0. The van der Waals surface area contributed by atoms with Crippen molar-refractivity contribution in [2.45, 2.75) is 0 Å². The Morgan fingerprint density at radius 2 is 1.76 bits per heavy atom. The van der Waals surface area contributed by atoms with Crippen molar-refractivity contribution in [1.82, 2.24) is 5.16 Å². The second kappa shape index (κ2) is 5.72. The highest BCUT2D eigenvalue weighted by Crippen LogP contribution is 2.41. The van der Waals surface area contributed by atoms with E-state index in [2.05, 4.69) is 21.1 Å². The second-order valence-corrected chi connectivity index (χ2v) is 6.08. The second-order valence-electron chi connectivity index (χ2n) is 4.38. The third-order valence-electron chi connectivity index (χ3n) is 3.05. The molecule has 3 aromatic rings. The van der Waals surface area contributed by atoms with Gasteiger partial charge in [-0.1, -0.05) is 62.5 Å². The summed E-state index contributed by atoms with van der Waals surface area (Å²) in [5.74, 6) is 0.811. The molecule has 21 heavy (non-hydrogen) atoms. The molecule has 3 rings (SSSR count). The maximum Gasteiger partial charge on any atom is 0.178 e. The molecular formula is C15H9BrCl2N2O. The summed E-state index contributed by atoms with van der Waals surface area (Å²) in [6, 6.07) is 13.0. The van der Waals surface area contributed by atoms with Crippen LogP contribution >= 0.6 is 39.1 Å². The van der Waals surface area contributed by atoms with Crippen molar-refractivity contribution in [3.63, 3.8) is 0 Å². The fourth-order valence-corrected chi connectivity index (χ4v) is 2.71. The summed E-state index contributed by atoms with van der Waals surface area (Å²) in [5, 5.41) is 4.71. The van der Waals surface area contributed by atoms with Gasteiger partial charge in [0.05, 0.1) is 15.6 Å². The molecule has 6 heteroatoms. The Morgan fingerprint density at radius 3 is 2.48 bits per heavy atom. The van der Waals surface area contributed by atoms with Crippen LogP contribution in [-0.4, -0.2) is 5.16 Å². The number of nitrogens with two attached hydrogens (primary N) is 1. The van der Waals surface area contributed by atoms with Crippen LogP contribution in [0.2, 0.25) is 10.0 Å². The molecule has 0 radical (unpaired) electrons. The summed E-state index contributed by atoms with van der Waals surface area (Å²) in [6.07, 6.45) is 0. The third-order valence-corrected chi connectivity index (χ3v) is 4.40. The monoisotopic (exact) mass is 382 g/mol. The molecule has 2 N–H and O–H groups in total. The highest BCUT2D eigenvalue weighted by molar-refractivity contribution is 9.10. The van der Waals surface area contributed by atoms with Crippen LogP contribution in [0.25, 0.3) is 22.5 Å². The van der Waals surface area contributed by atoms with Crippen molar-refractivity contribution in [2.24, 2.45) is 0 Å². The molecule has 0 bridgehead atoms. The van der Waals surface area contributed by atoms with E-state index in [-0.39, 0.29) is 0 Å². The Balaban J connectivity index is 2.22. The van der Waals surface area contributed by atoms with Crippen molar-refractivity contribution < 1.29 is 4.52 Å². The smallest absolute Gasteiger partial charge is 0.178 e. The van der Waals surface area contributed by atoms with Crippen LogP contribution in [0.5, 0.6) is 0 Å². The van der Waals surface area contributed by atoms with Gasteiger partial charge in [0.15, 0.2) is 11.6 Å². The SMILES string of the molecule is Nc1noc(-c2cccc(Cl)c2Cl)c1-c1ccc(Br)cc1. The number of rotatable bonds is 2. The molecule has 0 aliphatic rings. The van der Waals surface area contributed by atoms with Crippen molar-refractivity contribution in [3.8, 4) is 22.5 Å². The van der Waals surface area contributed by atoms with Crippen LogP contribution in [0.1, 0.15) is 0 Å². The van der Waals surface area contributed by atoms with Crippen LogP contribution in [0, 0.1) is 0 Å². The molecule has 0 fully saturated rings. The molecule has 1 heterocycles. The molecule has 0 atom stereocenters. The first-order chi connectivity index (χ1) is 10.1. The number of hydrogen-bond acceptors (Lipinski definition) is 3. The van der Waals surface area contributed by atoms with Crippen molar-refractivity contribution >= 4 is 44.9 Å². The first-order valence-electron chi connectivity index (χ1n) is 6.03. The molecule has 0 amide bonds. The third kappa shape index (κ3) is 2.67. The fraction of sp³-hybridized carbons (Fsp3) is 0. The average Bonchev–Trinajstić information content (AvgIpc) is 2.85. The number of nitrogens with zero attached hydrogens (tertiary/aromatic N) is 1. The molecule has 3 nitrogen and oxygen atoms in total. The Labute approximate surface area is 139 Å². The highest BCUT2D eigenvalue weighted by Gasteiger charge is 2.20. The Kier molecular flexibility index (Phi) is 3.93. The van der Waals surface area contributed by atoms with Gasteiger partial charge in [-0.2, -0.15) is 0 Å². The van der Waals surface area contributed by atoms with E-state index in [0.29, 0.717) is 32.8 Å². The van der Waals surface area contributed by atoms with Gasteiger partial charge in [-0.25, -0.2) is 0 Å². The van der Waals surface area contributed by atoms with E-state index in [9.17, 15) is 0 Å². The van der Waals surface area contributed by atoms with Gasteiger partial charge < -0.3 is 10.3 Å². The number of nitrogen functional groups attached to an aromatic ring is 1. The van der Waals surface area contributed by atoms with Gasteiger partial charge in [0.2, 0.25) is 0 Å². The maximum atomic E-state index is 6.25. The predicted octanol–water partition coefficient (Wildman–Crippen LogP) is 5.66. The zero-order valence-corrected chi connectivity index (χ0v) is 13.7. The fourth-order valence-electron chi connectivity index (χ4n) is 2.06. The molecule has 106 valence electrons. The number of aromatic nitrogens is 1. The largest absolute Gasteiger partial charge is 0.380 e. The number of benzene rings is 2. The average molecular weight is 384 g/mol. The van der Waals surface area contributed by atoms with Crippen molar-refractivity contribution in [3.05, 3.63) is 57.0 Å². The zero-order valence-electron chi connectivity index (χ0n) is 10.6. The molecule has 0 aliphatic heterocycles. The molecule has 1 aromatic heterocycles. The van der Waals surface area contributed by atoms with E-state index in [0.717, 1.165) is 10.0 Å².